The third-order valence-corrected chi connectivity index (χ3v) is 5.93. The second-order valence-corrected chi connectivity index (χ2v) is 8.15. The number of phenols is 1. The first kappa shape index (κ1) is 20.3. The van der Waals surface area contributed by atoms with E-state index in [-0.39, 0.29) is 16.9 Å². The van der Waals surface area contributed by atoms with Crippen molar-refractivity contribution < 1.29 is 23.9 Å². The molecule has 6 heteroatoms. The number of aromatic hydroxyl groups is 1. The lowest BCUT2D eigenvalue weighted by atomic mass is 9.98. The molecule has 3 aromatic rings. The third kappa shape index (κ3) is 4.00. The molecule has 2 N–H and O–H groups in total. The van der Waals surface area contributed by atoms with E-state index in [0.29, 0.717) is 40.3 Å². The molecule has 1 aliphatic heterocycles. The number of ether oxygens (including phenoxy) is 2. The fourth-order valence-electron chi connectivity index (χ4n) is 4.06. The van der Waals surface area contributed by atoms with Crippen LogP contribution in [0.15, 0.2) is 45.6 Å². The summed E-state index contributed by atoms with van der Waals surface area (Å²) in [6.07, 6.45) is 2.34. The molecule has 6 nitrogen and oxygen atoms in total. The molecule has 0 bridgehead atoms. The van der Waals surface area contributed by atoms with Crippen LogP contribution in [0.3, 0.4) is 0 Å². The first-order chi connectivity index (χ1) is 14.5. The number of hydrogen-bond acceptors (Lipinski definition) is 5. The van der Waals surface area contributed by atoms with Crippen LogP contribution in [0.5, 0.6) is 23.0 Å². The van der Waals surface area contributed by atoms with Crippen LogP contribution in [0.2, 0.25) is 0 Å². The number of nitrogens with one attached hydrogen (secondary N) is 1. The van der Waals surface area contributed by atoms with Crippen LogP contribution in [0.25, 0.3) is 11.0 Å². The molecule has 0 atom stereocenters. The Balaban J connectivity index is 1.72. The molecule has 4 rings (SSSR count). The summed E-state index contributed by atoms with van der Waals surface area (Å²) in [5.41, 5.74) is 0.881. The van der Waals surface area contributed by atoms with Gasteiger partial charge in [-0.25, -0.2) is 0 Å². The number of quaternary nitrogens is 1. The first-order valence-electron chi connectivity index (χ1n) is 10.4. The highest BCUT2D eigenvalue weighted by atomic mass is 16.5. The molecule has 1 fully saturated rings. The van der Waals surface area contributed by atoms with Crippen LogP contribution in [0.1, 0.15) is 31.1 Å². The quantitative estimate of drug-likeness (QED) is 0.674. The summed E-state index contributed by atoms with van der Waals surface area (Å²) in [6.45, 7) is 6.72. The Bertz CT molecular complexity index is 1110. The number of fused-ring (bicyclic) bond motifs is 1. The summed E-state index contributed by atoms with van der Waals surface area (Å²) in [7, 11) is 1.58. The Kier molecular flexibility index (Phi) is 5.68. The fraction of sp³-hybridized carbons (Fsp3) is 0.375. The summed E-state index contributed by atoms with van der Waals surface area (Å²) in [5.74, 6) is 2.57. The number of piperidine rings is 1. The average molecular weight is 410 g/mol. The minimum absolute atomic E-state index is 0.145. The summed E-state index contributed by atoms with van der Waals surface area (Å²) in [4.78, 5) is 14.6. The van der Waals surface area contributed by atoms with Crippen LogP contribution in [-0.4, -0.2) is 25.3 Å². The number of phenolic OH excluding ortho intramolecular Hbond substituents is 1. The van der Waals surface area contributed by atoms with Gasteiger partial charge in [-0.2, -0.15) is 0 Å². The van der Waals surface area contributed by atoms with Crippen molar-refractivity contribution >= 4 is 11.0 Å². The summed E-state index contributed by atoms with van der Waals surface area (Å²) < 4.78 is 17.1. The number of rotatable bonds is 5. The SMILES string of the molecule is COc1cccc(Oc2c(C)oc3c(C[NH+]4CCC(C)CC4)c(O)ccc3c2=O)c1. The molecular formula is C24H28NO5+. The predicted molar refractivity (Wildman–Crippen MR) is 115 cm³/mol. The van der Waals surface area contributed by atoms with Crippen LogP contribution in [-0.2, 0) is 6.54 Å². The molecule has 1 aromatic heterocycles. The van der Waals surface area contributed by atoms with Gasteiger partial charge in [0.25, 0.3) is 0 Å². The maximum Gasteiger partial charge on any atom is 0.235 e. The lowest BCUT2D eigenvalue weighted by Gasteiger charge is -2.27. The lowest BCUT2D eigenvalue weighted by molar-refractivity contribution is -0.919. The molecule has 0 amide bonds. The molecule has 0 aliphatic carbocycles. The average Bonchev–Trinajstić information content (AvgIpc) is 2.75. The van der Waals surface area contributed by atoms with Gasteiger partial charge in [-0.1, -0.05) is 13.0 Å². The van der Waals surface area contributed by atoms with Crippen molar-refractivity contribution in [2.75, 3.05) is 20.2 Å². The van der Waals surface area contributed by atoms with E-state index >= 15 is 0 Å². The second-order valence-electron chi connectivity index (χ2n) is 8.15. The predicted octanol–water partition coefficient (Wildman–Crippen LogP) is 3.42. The van der Waals surface area contributed by atoms with Crippen molar-refractivity contribution in [3.63, 3.8) is 0 Å². The van der Waals surface area contributed by atoms with Crippen molar-refractivity contribution in [1.82, 2.24) is 0 Å². The monoisotopic (exact) mass is 410 g/mol. The Labute approximate surface area is 175 Å². The highest BCUT2D eigenvalue weighted by molar-refractivity contribution is 5.83. The zero-order valence-electron chi connectivity index (χ0n) is 17.7. The van der Waals surface area contributed by atoms with Crippen LogP contribution in [0, 0.1) is 12.8 Å². The maximum atomic E-state index is 13.2. The molecule has 2 heterocycles. The minimum Gasteiger partial charge on any atom is -0.507 e. The number of aryl methyl sites for hydroxylation is 1. The van der Waals surface area contributed by atoms with E-state index in [4.69, 9.17) is 13.9 Å². The fourth-order valence-corrected chi connectivity index (χ4v) is 4.06. The molecule has 2 aromatic carbocycles. The molecule has 158 valence electrons. The van der Waals surface area contributed by atoms with Crippen molar-refractivity contribution in [2.45, 2.75) is 33.2 Å². The van der Waals surface area contributed by atoms with E-state index in [9.17, 15) is 9.90 Å². The van der Waals surface area contributed by atoms with Crippen LogP contribution >= 0.6 is 0 Å². The van der Waals surface area contributed by atoms with Gasteiger partial charge in [0, 0.05) is 6.07 Å². The largest absolute Gasteiger partial charge is 0.507 e. The van der Waals surface area contributed by atoms with Gasteiger partial charge < -0.3 is 23.9 Å². The molecule has 0 saturated carbocycles. The van der Waals surface area contributed by atoms with Crippen molar-refractivity contribution in [3.8, 4) is 23.0 Å². The highest BCUT2D eigenvalue weighted by Gasteiger charge is 2.24. The van der Waals surface area contributed by atoms with Crippen molar-refractivity contribution in [2.24, 2.45) is 5.92 Å². The van der Waals surface area contributed by atoms with E-state index in [2.05, 4.69) is 6.92 Å². The molecule has 0 radical (unpaired) electrons. The zero-order chi connectivity index (χ0) is 21.3. The van der Waals surface area contributed by atoms with Crippen molar-refractivity contribution in [1.29, 1.82) is 0 Å². The Morgan fingerprint density at radius 3 is 2.63 bits per heavy atom. The summed E-state index contributed by atoms with van der Waals surface area (Å²) in [6, 6.07) is 10.3. The van der Waals surface area contributed by atoms with E-state index in [1.807, 2.05) is 0 Å². The van der Waals surface area contributed by atoms with E-state index in [1.54, 1.807) is 50.4 Å². The normalized spacial score (nSPS) is 19.0. The standard InChI is InChI=1S/C24H27NO5/c1-15-9-11-25(12-10-15)14-20-21(26)8-7-19-22(27)23(16(2)29-24(19)20)30-18-6-4-5-17(13-18)28-3/h4-8,13,15,26H,9-12,14H2,1-3H3/p+1. The second kappa shape index (κ2) is 8.40. The Morgan fingerprint density at radius 2 is 1.90 bits per heavy atom. The summed E-state index contributed by atoms with van der Waals surface area (Å²) in [5, 5.41) is 10.9. The van der Waals surface area contributed by atoms with Gasteiger partial charge >= 0.3 is 0 Å². The molecule has 30 heavy (non-hydrogen) atoms. The zero-order valence-corrected chi connectivity index (χ0v) is 17.7. The van der Waals surface area contributed by atoms with Gasteiger partial charge in [-0.3, -0.25) is 4.79 Å². The summed E-state index contributed by atoms with van der Waals surface area (Å²) >= 11 is 0. The van der Waals surface area contributed by atoms with Crippen LogP contribution < -0.4 is 19.8 Å². The molecule has 1 saturated heterocycles. The van der Waals surface area contributed by atoms with Gasteiger partial charge in [0.05, 0.1) is 31.1 Å². The molecular weight excluding hydrogens is 382 g/mol. The molecule has 0 spiro atoms. The number of benzene rings is 2. The number of hydrogen-bond donors (Lipinski definition) is 2. The smallest absolute Gasteiger partial charge is 0.235 e. The van der Waals surface area contributed by atoms with Crippen molar-refractivity contribution in [3.05, 3.63) is 57.9 Å². The maximum absolute atomic E-state index is 13.2. The Hall–Kier alpha value is -2.99. The van der Waals surface area contributed by atoms with Gasteiger partial charge in [-0.05, 0) is 49.9 Å². The molecule has 0 unspecified atom stereocenters. The van der Waals surface area contributed by atoms with Gasteiger partial charge in [0.15, 0.2) is 5.58 Å². The lowest BCUT2D eigenvalue weighted by Crippen LogP contribution is -3.11. The minimum atomic E-state index is -0.250. The Morgan fingerprint density at radius 1 is 1.17 bits per heavy atom. The van der Waals surface area contributed by atoms with Gasteiger partial charge in [-0.15, -0.1) is 0 Å². The topological polar surface area (TPSA) is 73.3 Å². The van der Waals surface area contributed by atoms with E-state index < -0.39 is 0 Å². The molecule has 1 aliphatic rings. The van der Waals surface area contributed by atoms with Gasteiger partial charge in [0.1, 0.15) is 29.6 Å². The third-order valence-electron chi connectivity index (χ3n) is 5.93. The van der Waals surface area contributed by atoms with Crippen LogP contribution in [0.4, 0.5) is 0 Å². The number of methoxy groups -OCH3 is 1. The van der Waals surface area contributed by atoms with Gasteiger partial charge in [0.2, 0.25) is 11.2 Å². The highest BCUT2D eigenvalue weighted by Crippen LogP contribution is 2.31. The van der Waals surface area contributed by atoms with E-state index in [0.717, 1.165) is 19.0 Å². The number of likely N-dealkylation sites (tertiary alicyclic amines) is 1. The van der Waals surface area contributed by atoms with E-state index in [1.165, 1.54) is 17.7 Å². The first-order valence-corrected chi connectivity index (χ1v) is 10.4.